The average Bonchev–Trinajstić information content (AvgIpc) is 2.10. The molecular formula is C11H22O. The molecule has 0 fully saturated rings. The molecule has 0 aliphatic heterocycles. The van der Waals surface area contributed by atoms with Crippen molar-refractivity contribution in [2.45, 2.75) is 51.6 Å². The highest BCUT2D eigenvalue weighted by Gasteiger charge is 2.03. The Balaban J connectivity index is 3.25. The van der Waals surface area contributed by atoms with E-state index in [0.717, 1.165) is 6.42 Å². The van der Waals surface area contributed by atoms with Crippen molar-refractivity contribution >= 4 is 0 Å². The van der Waals surface area contributed by atoms with Crippen LogP contribution in [0, 0.1) is 0 Å². The zero-order valence-corrected chi connectivity index (χ0v) is 8.51. The van der Waals surface area contributed by atoms with Gasteiger partial charge in [0.1, 0.15) is 0 Å². The minimum atomic E-state index is 0.402. The van der Waals surface area contributed by atoms with E-state index in [-0.39, 0.29) is 0 Å². The van der Waals surface area contributed by atoms with Crippen molar-refractivity contribution in [1.29, 1.82) is 0 Å². The maximum Gasteiger partial charge on any atom is 0.0605 e. The Bertz CT molecular complexity index is 99.2. The predicted molar refractivity (Wildman–Crippen MR) is 54.4 cm³/mol. The van der Waals surface area contributed by atoms with Crippen LogP contribution in [-0.2, 0) is 4.74 Å². The summed E-state index contributed by atoms with van der Waals surface area (Å²) in [4.78, 5) is 0. The first-order valence-electron chi connectivity index (χ1n) is 4.98. The minimum Gasteiger partial charge on any atom is -0.381 e. The lowest BCUT2D eigenvalue weighted by Gasteiger charge is -2.12. The molecular weight excluding hydrogens is 148 g/mol. The summed E-state index contributed by atoms with van der Waals surface area (Å²) >= 11 is 0. The fourth-order valence-electron chi connectivity index (χ4n) is 1.32. The third kappa shape index (κ3) is 6.41. The Labute approximate surface area is 76.8 Å². The number of methoxy groups -OCH3 is 1. The largest absolute Gasteiger partial charge is 0.381 e. The molecule has 12 heavy (non-hydrogen) atoms. The van der Waals surface area contributed by atoms with Crippen molar-refractivity contribution in [2.24, 2.45) is 0 Å². The lowest BCUT2D eigenvalue weighted by atomic mass is 10.1. The van der Waals surface area contributed by atoms with E-state index in [9.17, 15) is 0 Å². The molecule has 1 atom stereocenters. The summed E-state index contributed by atoms with van der Waals surface area (Å²) in [7, 11) is 1.79. The van der Waals surface area contributed by atoms with Crippen molar-refractivity contribution in [2.75, 3.05) is 7.11 Å². The molecule has 0 aromatic carbocycles. The van der Waals surface area contributed by atoms with Gasteiger partial charge in [0.25, 0.3) is 0 Å². The molecule has 0 aliphatic rings. The Morgan fingerprint density at radius 2 is 2.08 bits per heavy atom. The van der Waals surface area contributed by atoms with Crippen LogP contribution in [0.25, 0.3) is 0 Å². The summed E-state index contributed by atoms with van der Waals surface area (Å²) in [5, 5.41) is 0. The van der Waals surface area contributed by atoms with E-state index < -0.39 is 0 Å². The molecule has 1 heteroatoms. The molecule has 0 heterocycles. The average molecular weight is 170 g/mol. The van der Waals surface area contributed by atoms with E-state index in [1.807, 2.05) is 6.08 Å². The van der Waals surface area contributed by atoms with Gasteiger partial charge in [0, 0.05) is 7.11 Å². The highest BCUT2D eigenvalue weighted by atomic mass is 16.5. The topological polar surface area (TPSA) is 9.23 Å². The van der Waals surface area contributed by atoms with E-state index in [1.165, 1.54) is 32.1 Å². The van der Waals surface area contributed by atoms with E-state index >= 15 is 0 Å². The van der Waals surface area contributed by atoms with Gasteiger partial charge in [0.05, 0.1) is 6.10 Å². The van der Waals surface area contributed by atoms with Gasteiger partial charge in [-0.05, 0) is 12.8 Å². The van der Waals surface area contributed by atoms with Gasteiger partial charge in [-0.2, -0.15) is 0 Å². The second-order valence-electron chi connectivity index (χ2n) is 3.23. The van der Waals surface area contributed by atoms with Crippen LogP contribution in [0.5, 0.6) is 0 Å². The van der Waals surface area contributed by atoms with Gasteiger partial charge in [0.15, 0.2) is 0 Å². The second kappa shape index (κ2) is 8.79. The first-order valence-corrected chi connectivity index (χ1v) is 4.98. The lowest BCUT2D eigenvalue weighted by molar-refractivity contribution is 0.0953. The van der Waals surface area contributed by atoms with Gasteiger partial charge in [-0.15, -0.1) is 6.58 Å². The van der Waals surface area contributed by atoms with Crippen LogP contribution in [0.3, 0.4) is 0 Å². The molecule has 1 nitrogen and oxygen atoms in total. The molecule has 72 valence electrons. The number of hydrogen-bond donors (Lipinski definition) is 0. The summed E-state index contributed by atoms with van der Waals surface area (Å²) in [5.74, 6) is 0. The Morgan fingerprint density at radius 1 is 1.33 bits per heavy atom. The lowest BCUT2D eigenvalue weighted by Crippen LogP contribution is -2.08. The van der Waals surface area contributed by atoms with Crippen LogP contribution in [0.4, 0.5) is 0 Å². The van der Waals surface area contributed by atoms with Crippen LogP contribution in [0.1, 0.15) is 45.4 Å². The summed E-state index contributed by atoms with van der Waals surface area (Å²) in [6.45, 7) is 5.95. The first kappa shape index (κ1) is 11.7. The summed E-state index contributed by atoms with van der Waals surface area (Å²) in [6.07, 6.45) is 9.80. The molecule has 0 radical (unpaired) electrons. The van der Waals surface area contributed by atoms with Crippen LogP contribution < -0.4 is 0 Å². The quantitative estimate of drug-likeness (QED) is 0.400. The molecule has 0 amide bonds. The molecule has 0 bridgehead atoms. The van der Waals surface area contributed by atoms with Gasteiger partial charge >= 0.3 is 0 Å². The highest BCUT2D eigenvalue weighted by Crippen LogP contribution is 2.10. The smallest absolute Gasteiger partial charge is 0.0605 e. The monoisotopic (exact) mass is 170 g/mol. The number of hydrogen-bond acceptors (Lipinski definition) is 1. The van der Waals surface area contributed by atoms with Crippen LogP contribution in [-0.4, -0.2) is 13.2 Å². The van der Waals surface area contributed by atoms with Crippen molar-refractivity contribution < 1.29 is 4.74 Å². The van der Waals surface area contributed by atoms with Crippen molar-refractivity contribution in [3.8, 4) is 0 Å². The fraction of sp³-hybridized carbons (Fsp3) is 0.818. The summed E-state index contributed by atoms with van der Waals surface area (Å²) in [6, 6.07) is 0. The van der Waals surface area contributed by atoms with Crippen LogP contribution in [0.15, 0.2) is 12.7 Å². The van der Waals surface area contributed by atoms with Crippen molar-refractivity contribution in [3.05, 3.63) is 12.7 Å². The van der Waals surface area contributed by atoms with Gasteiger partial charge in [-0.3, -0.25) is 0 Å². The molecule has 0 unspecified atom stereocenters. The van der Waals surface area contributed by atoms with E-state index in [0.29, 0.717) is 6.10 Å². The summed E-state index contributed by atoms with van der Waals surface area (Å²) < 4.78 is 5.30. The van der Waals surface area contributed by atoms with E-state index in [4.69, 9.17) is 4.74 Å². The molecule has 0 rings (SSSR count). The standard InChI is InChI=1S/C11H22O/c1-4-6-7-8-10-11(12-3)9-5-2/h5,11H,2,4,6-10H2,1,3H3/t11-/m1/s1. The number of unbranched alkanes of at least 4 members (excludes halogenated alkanes) is 3. The second-order valence-corrected chi connectivity index (χ2v) is 3.23. The summed E-state index contributed by atoms with van der Waals surface area (Å²) in [5.41, 5.74) is 0. The molecule has 0 saturated heterocycles. The molecule has 0 spiro atoms. The maximum absolute atomic E-state index is 5.30. The zero-order valence-electron chi connectivity index (χ0n) is 8.51. The SMILES string of the molecule is C=CC[C@H](CCCCCC)OC. The van der Waals surface area contributed by atoms with Gasteiger partial charge in [0.2, 0.25) is 0 Å². The molecule has 0 aromatic rings. The fourth-order valence-corrected chi connectivity index (χ4v) is 1.32. The highest BCUT2D eigenvalue weighted by molar-refractivity contribution is 4.73. The first-order chi connectivity index (χ1) is 5.85. The van der Waals surface area contributed by atoms with Gasteiger partial charge < -0.3 is 4.74 Å². The Kier molecular flexibility index (Phi) is 8.57. The van der Waals surface area contributed by atoms with Crippen LogP contribution in [0.2, 0.25) is 0 Å². The van der Waals surface area contributed by atoms with Gasteiger partial charge in [-0.25, -0.2) is 0 Å². The zero-order chi connectivity index (χ0) is 9.23. The maximum atomic E-state index is 5.30. The Morgan fingerprint density at radius 3 is 2.58 bits per heavy atom. The molecule has 0 N–H and O–H groups in total. The van der Waals surface area contributed by atoms with E-state index in [2.05, 4.69) is 13.5 Å². The Hall–Kier alpha value is -0.300. The number of rotatable bonds is 8. The molecule has 0 aliphatic carbocycles. The normalized spacial score (nSPS) is 12.8. The van der Waals surface area contributed by atoms with Crippen molar-refractivity contribution in [1.82, 2.24) is 0 Å². The number of ether oxygens (including phenoxy) is 1. The van der Waals surface area contributed by atoms with Crippen molar-refractivity contribution in [3.63, 3.8) is 0 Å². The van der Waals surface area contributed by atoms with E-state index in [1.54, 1.807) is 7.11 Å². The van der Waals surface area contributed by atoms with Gasteiger partial charge in [-0.1, -0.05) is 38.7 Å². The third-order valence-electron chi connectivity index (χ3n) is 2.14. The molecule has 0 aromatic heterocycles. The third-order valence-corrected chi connectivity index (χ3v) is 2.14. The van der Waals surface area contributed by atoms with Crippen LogP contribution >= 0.6 is 0 Å². The molecule has 0 saturated carbocycles. The predicted octanol–water partition coefficient (Wildman–Crippen LogP) is 3.55. The minimum absolute atomic E-state index is 0.402.